The van der Waals surface area contributed by atoms with Gasteiger partial charge in [0.1, 0.15) is 12.7 Å². The minimum atomic E-state index is -4.70. The van der Waals surface area contributed by atoms with Crippen molar-refractivity contribution in [1.82, 2.24) is 20.3 Å². The molecule has 1 saturated heterocycles. The highest BCUT2D eigenvalue weighted by molar-refractivity contribution is 7.71. The summed E-state index contributed by atoms with van der Waals surface area (Å²) in [5.41, 5.74) is -0.536. The quantitative estimate of drug-likeness (QED) is 0.337. The number of methoxy groups -OCH3 is 1. The van der Waals surface area contributed by atoms with E-state index in [1.54, 1.807) is 6.07 Å². The average Bonchev–Trinajstić information content (AvgIpc) is 3.22. The highest BCUT2D eigenvalue weighted by Crippen LogP contribution is 2.44. The Bertz CT molecular complexity index is 1370. The molecule has 200 valence electrons. The molecule has 1 atom stereocenters. The zero-order chi connectivity index (χ0) is 27.2. The number of nitrogens with one attached hydrogen (secondary N) is 4. The van der Waals surface area contributed by atoms with Crippen molar-refractivity contribution in [2.75, 3.05) is 37.6 Å². The van der Waals surface area contributed by atoms with Crippen LogP contribution in [0, 0.1) is 0 Å². The van der Waals surface area contributed by atoms with Crippen LogP contribution in [-0.2, 0) is 15.5 Å². The maximum Gasteiger partial charge on any atom is 0.419 e. The molecule has 2 aromatic heterocycles. The number of hydrogen-bond acceptors (Lipinski definition) is 7. The SMILES string of the molecule is COC(=O)Nc1ccc2c(-c3nc(N[C@H]4CCC(C)(C)NC4)ncc3C(F)(F)F)c[nH]c2c1P(C)(C)=O. The number of anilines is 2. The lowest BCUT2D eigenvalue weighted by atomic mass is 9.91. The first-order chi connectivity index (χ1) is 17.2. The summed E-state index contributed by atoms with van der Waals surface area (Å²) in [5.74, 6) is 0.0877. The van der Waals surface area contributed by atoms with Crippen LogP contribution in [0.2, 0.25) is 0 Å². The number of hydrogen-bond donors (Lipinski definition) is 4. The zero-order valence-corrected chi connectivity index (χ0v) is 22.1. The first kappa shape index (κ1) is 26.9. The molecule has 0 spiro atoms. The van der Waals surface area contributed by atoms with Gasteiger partial charge in [0.05, 0.1) is 29.3 Å². The molecule has 0 bridgehead atoms. The number of piperidine rings is 1. The van der Waals surface area contributed by atoms with E-state index in [0.717, 1.165) is 19.0 Å². The topological polar surface area (TPSA) is 121 Å². The molecule has 1 aliphatic heterocycles. The number of fused-ring (bicyclic) bond motifs is 1. The number of carbonyl (C=O) groups is 1. The van der Waals surface area contributed by atoms with Crippen molar-refractivity contribution in [1.29, 1.82) is 0 Å². The van der Waals surface area contributed by atoms with Gasteiger partial charge >= 0.3 is 12.3 Å². The summed E-state index contributed by atoms with van der Waals surface area (Å²) in [7, 11) is -1.82. The summed E-state index contributed by atoms with van der Waals surface area (Å²) < 4.78 is 59.8. The van der Waals surface area contributed by atoms with E-state index in [0.29, 0.717) is 22.8 Å². The van der Waals surface area contributed by atoms with E-state index >= 15 is 0 Å². The lowest BCUT2D eigenvalue weighted by Gasteiger charge is -2.36. The van der Waals surface area contributed by atoms with Gasteiger partial charge in [-0.15, -0.1) is 0 Å². The number of nitrogens with zero attached hydrogens (tertiary/aromatic N) is 2. The van der Waals surface area contributed by atoms with Crippen molar-refractivity contribution in [2.45, 2.75) is 44.4 Å². The summed E-state index contributed by atoms with van der Waals surface area (Å²) >= 11 is 0. The molecule has 37 heavy (non-hydrogen) atoms. The molecule has 3 aromatic rings. The Balaban J connectivity index is 1.81. The standard InChI is InChI=1S/C24H30F3N6O3P/c1-23(2)9-8-13(10-30-23)31-21-29-12-16(24(25,26)27)18(33-21)15-11-28-19-14(15)6-7-17(32-22(34)36-3)20(19)37(4,5)35/h6-7,11-13,28,30H,8-10H2,1-5H3,(H,32,34)(H,29,31,33)/t13-/m0/s1. The van der Waals surface area contributed by atoms with Crippen LogP contribution in [0.25, 0.3) is 22.2 Å². The van der Waals surface area contributed by atoms with Gasteiger partial charge in [0, 0.05) is 41.5 Å². The normalized spacial score (nSPS) is 18.0. The fourth-order valence-electron chi connectivity index (χ4n) is 4.50. The van der Waals surface area contributed by atoms with E-state index in [-0.39, 0.29) is 34.5 Å². The Morgan fingerprint density at radius 1 is 1.27 bits per heavy atom. The smallest absolute Gasteiger partial charge is 0.419 e. The number of halogens is 3. The average molecular weight is 539 g/mol. The fraction of sp³-hybridized carbons (Fsp3) is 0.458. The predicted octanol–water partition coefficient (Wildman–Crippen LogP) is 5.01. The van der Waals surface area contributed by atoms with E-state index in [9.17, 15) is 22.5 Å². The van der Waals surface area contributed by atoms with Crippen molar-refractivity contribution >= 4 is 41.1 Å². The second kappa shape index (κ2) is 9.64. The summed E-state index contributed by atoms with van der Waals surface area (Å²) in [6.07, 6.45) is -1.57. The lowest BCUT2D eigenvalue weighted by molar-refractivity contribution is -0.137. The molecule has 13 heteroatoms. The predicted molar refractivity (Wildman–Crippen MR) is 138 cm³/mol. The highest BCUT2D eigenvalue weighted by Gasteiger charge is 2.37. The minimum Gasteiger partial charge on any atom is -0.453 e. The molecule has 1 aliphatic rings. The third kappa shape index (κ3) is 5.75. The van der Waals surface area contributed by atoms with E-state index in [1.165, 1.54) is 32.7 Å². The zero-order valence-electron chi connectivity index (χ0n) is 21.2. The molecule has 1 amide bonds. The van der Waals surface area contributed by atoms with Crippen LogP contribution < -0.4 is 21.3 Å². The maximum absolute atomic E-state index is 14.0. The second-order valence-corrected chi connectivity index (χ2v) is 13.3. The molecular formula is C24H30F3N6O3P. The first-order valence-electron chi connectivity index (χ1n) is 11.7. The number of carbonyl (C=O) groups excluding carboxylic acids is 1. The fourth-order valence-corrected chi connectivity index (χ4v) is 5.93. The Labute approximate surface area is 212 Å². The third-order valence-corrected chi connectivity index (χ3v) is 7.96. The third-order valence-electron chi connectivity index (χ3n) is 6.42. The van der Waals surface area contributed by atoms with Crippen LogP contribution >= 0.6 is 7.14 Å². The van der Waals surface area contributed by atoms with E-state index in [2.05, 4.69) is 49.5 Å². The largest absolute Gasteiger partial charge is 0.453 e. The second-order valence-electron chi connectivity index (χ2n) is 10.2. The van der Waals surface area contributed by atoms with Crippen LogP contribution in [0.5, 0.6) is 0 Å². The molecule has 0 saturated carbocycles. The summed E-state index contributed by atoms with van der Waals surface area (Å²) in [6, 6.07) is 3.01. The molecule has 0 radical (unpaired) electrons. The van der Waals surface area contributed by atoms with Crippen molar-refractivity contribution in [3.63, 3.8) is 0 Å². The Kier molecular flexibility index (Phi) is 7.02. The van der Waals surface area contributed by atoms with Crippen LogP contribution in [0.3, 0.4) is 0 Å². The molecule has 1 fully saturated rings. The van der Waals surface area contributed by atoms with Crippen LogP contribution in [0.15, 0.2) is 24.5 Å². The first-order valence-corrected chi connectivity index (χ1v) is 14.3. The number of aromatic amines is 1. The van der Waals surface area contributed by atoms with Crippen LogP contribution in [0.4, 0.5) is 29.6 Å². The van der Waals surface area contributed by atoms with Crippen molar-refractivity contribution in [3.05, 3.63) is 30.1 Å². The van der Waals surface area contributed by atoms with E-state index in [1.807, 2.05) is 0 Å². The van der Waals surface area contributed by atoms with Gasteiger partial charge in [-0.3, -0.25) is 5.32 Å². The highest BCUT2D eigenvalue weighted by atomic mass is 31.2. The Morgan fingerprint density at radius 2 is 2.00 bits per heavy atom. The number of ether oxygens (including phenoxy) is 1. The molecule has 4 rings (SSSR count). The van der Waals surface area contributed by atoms with Gasteiger partial charge in [-0.05, 0) is 46.1 Å². The van der Waals surface area contributed by atoms with Crippen molar-refractivity contribution in [3.8, 4) is 11.3 Å². The molecule has 4 N–H and O–H groups in total. The van der Waals surface area contributed by atoms with Gasteiger partial charge in [0.2, 0.25) is 5.95 Å². The number of amides is 1. The van der Waals surface area contributed by atoms with Gasteiger partial charge in [-0.2, -0.15) is 13.2 Å². The summed E-state index contributed by atoms with van der Waals surface area (Å²) in [5, 5.41) is 9.76. The number of benzene rings is 1. The van der Waals surface area contributed by atoms with Gasteiger partial charge in [0.25, 0.3) is 0 Å². The summed E-state index contributed by atoms with van der Waals surface area (Å²) in [6.45, 7) is 7.84. The summed E-state index contributed by atoms with van der Waals surface area (Å²) in [4.78, 5) is 23.0. The number of aromatic nitrogens is 3. The minimum absolute atomic E-state index is 0.00828. The van der Waals surface area contributed by atoms with E-state index < -0.39 is 25.0 Å². The molecule has 0 unspecified atom stereocenters. The molecule has 9 nitrogen and oxygen atoms in total. The van der Waals surface area contributed by atoms with Crippen molar-refractivity contribution in [2.24, 2.45) is 0 Å². The maximum atomic E-state index is 14.0. The number of rotatable bonds is 5. The Hall–Kier alpha value is -3.11. The Morgan fingerprint density at radius 3 is 2.59 bits per heavy atom. The molecule has 0 aliphatic carbocycles. The molecular weight excluding hydrogens is 508 g/mol. The van der Waals surface area contributed by atoms with Gasteiger partial charge in [0.15, 0.2) is 0 Å². The van der Waals surface area contributed by atoms with Crippen LogP contribution in [0.1, 0.15) is 32.3 Å². The van der Waals surface area contributed by atoms with Gasteiger partial charge in [-0.25, -0.2) is 14.8 Å². The lowest BCUT2D eigenvalue weighted by Crippen LogP contribution is -2.50. The number of H-pyrrole nitrogens is 1. The van der Waals surface area contributed by atoms with Crippen LogP contribution in [-0.4, -0.2) is 59.6 Å². The van der Waals surface area contributed by atoms with Gasteiger partial charge in [-0.1, -0.05) is 6.07 Å². The molecule has 3 heterocycles. The van der Waals surface area contributed by atoms with Crippen molar-refractivity contribution < 1.29 is 27.3 Å². The van der Waals surface area contributed by atoms with E-state index in [4.69, 9.17) is 0 Å². The number of alkyl halides is 3. The molecule has 1 aromatic carbocycles. The monoisotopic (exact) mass is 538 g/mol. The van der Waals surface area contributed by atoms with Gasteiger partial charge < -0.3 is 24.9 Å².